The summed E-state index contributed by atoms with van der Waals surface area (Å²) < 4.78 is 96.8. The van der Waals surface area contributed by atoms with Gasteiger partial charge in [0.15, 0.2) is 11.7 Å². The first kappa shape index (κ1) is 27.5. The van der Waals surface area contributed by atoms with Crippen LogP contribution in [0.15, 0.2) is 30.5 Å². The number of carbonyl (C=O) groups is 1. The Morgan fingerprint density at radius 1 is 1.15 bits per heavy atom. The molecule has 39 heavy (non-hydrogen) atoms. The molecule has 3 aromatic rings. The number of benzene rings is 1. The Morgan fingerprint density at radius 2 is 1.82 bits per heavy atom. The first-order chi connectivity index (χ1) is 18.1. The zero-order valence-corrected chi connectivity index (χ0v) is 22.3. The fraction of sp³-hybridized carbons (Fsp3) is 0.500. The second-order valence-corrected chi connectivity index (χ2v) is 13.3. The van der Waals surface area contributed by atoms with Crippen molar-refractivity contribution < 1.29 is 35.2 Å². The molecule has 0 radical (unpaired) electrons. The van der Waals surface area contributed by atoms with Crippen molar-refractivity contribution in [2.75, 3.05) is 18.6 Å². The van der Waals surface area contributed by atoms with Crippen LogP contribution in [0.1, 0.15) is 67.5 Å². The average Bonchev–Trinajstić information content (AvgIpc) is 3.34. The third-order valence-electron chi connectivity index (χ3n) is 7.88. The summed E-state index contributed by atoms with van der Waals surface area (Å²) in [6.45, 7) is 3.85. The summed E-state index contributed by atoms with van der Waals surface area (Å²) in [4.78, 5) is 17.7. The summed E-state index contributed by atoms with van der Waals surface area (Å²) in [5, 5.41) is 3.89. The third kappa shape index (κ3) is 4.89. The lowest BCUT2D eigenvalue weighted by atomic mass is 9.86. The smallest absolute Gasteiger partial charge is 0.330 e. The van der Waals surface area contributed by atoms with Gasteiger partial charge in [0.1, 0.15) is 15.7 Å². The molecule has 0 spiro atoms. The molecular formula is C26H27F5N4O3S. The Labute approximate surface area is 221 Å². The number of carbonyl (C=O) groups excluding carboxylic acids is 1. The van der Waals surface area contributed by atoms with Crippen molar-refractivity contribution >= 4 is 21.4 Å². The van der Waals surface area contributed by atoms with Crippen LogP contribution in [-0.4, -0.2) is 58.6 Å². The van der Waals surface area contributed by atoms with E-state index in [1.165, 1.54) is 16.6 Å². The highest BCUT2D eigenvalue weighted by molar-refractivity contribution is 7.91. The number of alkyl halides is 3. The fourth-order valence-electron chi connectivity index (χ4n) is 6.00. The molecule has 5 rings (SSSR count). The lowest BCUT2D eigenvalue weighted by molar-refractivity contribution is -0.191. The van der Waals surface area contributed by atoms with E-state index >= 15 is 4.39 Å². The SMILES string of the molecule is CN(C(=O)C1CCS(=O)(=O)CC1)[C@H](c1ccc([C@H]2CC(C)(C)c3c2cnc2cc(F)nn32)cc1F)C(F)(F)F. The molecule has 0 N–H and O–H groups in total. The van der Waals surface area contributed by atoms with Crippen molar-refractivity contribution in [2.24, 2.45) is 5.92 Å². The average molecular weight is 571 g/mol. The quantitative estimate of drug-likeness (QED) is 0.425. The van der Waals surface area contributed by atoms with Crippen LogP contribution in [0.3, 0.4) is 0 Å². The van der Waals surface area contributed by atoms with Crippen molar-refractivity contribution in [3.05, 3.63) is 64.6 Å². The van der Waals surface area contributed by atoms with Crippen LogP contribution in [0, 0.1) is 17.7 Å². The summed E-state index contributed by atoms with van der Waals surface area (Å²) >= 11 is 0. The van der Waals surface area contributed by atoms with Crippen LogP contribution in [0.2, 0.25) is 0 Å². The molecule has 1 aliphatic heterocycles. The van der Waals surface area contributed by atoms with E-state index in [1.54, 1.807) is 6.20 Å². The van der Waals surface area contributed by atoms with E-state index in [-0.39, 0.29) is 24.3 Å². The highest BCUT2D eigenvalue weighted by atomic mass is 32.2. The minimum Gasteiger partial charge on any atom is -0.330 e. The van der Waals surface area contributed by atoms with Crippen molar-refractivity contribution in [3.63, 3.8) is 0 Å². The molecule has 1 fully saturated rings. The van der Waals surface area contributed by atoms with Gasteiger partial charge in [0.25, 0.3) is 0 Å². The van der Waals surface area contributed by atoms with E-state index in [1.807, 2.05) is 13.8 Å². The molecule has 0 bridgehead atoms. The van der Waals surface area contributed by atoms with E-state index < -0.39 is 62.5 Å². The van der Waals surface area contributed by atoms with Crippen molar-refractivity contribution in [3.8, 4) is 0 Å². The number of halogens is 5. The number of hydrogen-bond donors (Lipinski definition) is 0. The van der Waals surface area contributed by atoms with E-state index in [0.29, 0.717) is 33.8 Å². The highest BCUT2D eigenvalue weighted by Crippen LogP contribution is 2.49. The second-order valence-electron chi connectivity index (χ2n) is 11.0. The van der Waals surface area contributed by atoms with Crippen LogP contribution < -0.4 is 0 Å². The van der Waals surface area contributed by atoms with Gasteiger partial charge in [0.05, 0.1) is 17.2 Å². The van der Waals surface area contributed by atoms with Gasteiger partial charge in [-0.2, -0.15) is 17.6 Å². The summed E-state index contributed by atoms with van der Waals surface area (Å²) in [7, 11) is -2.35. The van der Waals surface area contributed by atoms with Gasteiger partial charge < -0.3 is 4.90 Å². The molecule has 2 atom stereocenters. The number of amides is 1. The minimum atomic E-state index is -4.98. The predicted molar refractivity (Wildman–Crippen MR) is 132 cm³/mol. The van der Waals surface area contributed by atoms with Gasteiger partial charge >= 0.3 is 6.18 Å². The van der Waals surface area contributed by atoms with E-state index in [9.17, 15) is 30.8 Å². The first-order valence-corrected chi connectivity index (χ1v) is 14.3. The van der Waals surface area contributed by atoms with Crippen LogP contribution >= 0.6 is 0 Å². The molecule has 1 aromatic carbocycles. The Kier molecular flexibility index (Phi) is 6.51. The summed E-state index contributed by atoms with van der Waals surface area (Å²) in [6.07, 6.45) is -3.09. The standard InChI is InChI=1S/C26H27F5N4O3S/c1-25(2)12-17(18-13-32-21-11-20(28)33-35(21)22(18)25)15-4-5-16(19(27)10-15)23(26(29,30)31)34(3)24(36)14-6-8-39(37,38)9-7-14/h4-5,10-11,13-14,17,23H,6-9,12H2,1-3H3/t17-,23-/m1/s1. The monoisotopic (exact) mass is 570 g/mol. The number of rotatable bonds is 4. The van der Waals surface area contributed by atoms with E-state index in [4.69, 9.17) is 0 Å². The number of fused-ring (bicyclic) bond motifs is 3. The molecule has 7 nitrogen and oxygen atoms in total. The van der Waals surface area contributed by atoms with Gasteiger partial charge in [-0.1, -0.05) is 26.0 Å². The molecule has 0 unspecified atom stereocenters. The normalized spacial score (nSPS) is 21.6. The summed E-state index contributed by atoms with van der Waals surface area (Å²) in [5.74, 6) is -4.55. The number of sulfone groups is 1. The number of nitrogens with zero attached hydrogens (tertiary/aromatic N) is 4. The topological polar surface area (TPSA) is 84.6 Å². The third-order valence-corrected chi connectivity index (χ3v) is 9.60. The second kappa shape index (κ2) is 9.24. The van der Waals surface area contributed by atoms with E-state index in [0.717, 1.165) is 19.2 Å². The Morgan fingerprint density at radius 3 is 2.44 bits per heavy atom. The van der Waals surface area contributed by atoms with Crippen LogP contribution in [0.25, 0.3) is 5.65 Å². The maximum absolute atomic E-state index is 15.5. The highest BCUT2D eigenvalue weighted by Gasteiger charge is 2.48. The molecule has 3 heterocycles. The summed E-state index contributed by atoms with van der Waals surface area (Å²) in [5.41, 5.74) is 0.893. The molecule has 1 saturated heterocycles. The molecule has 1 amide bonds. The zero-order valence-electron chi connectivity index (χ0n) is 21.5. The van der Waals surface area contributed by atoms with Crippen LogP contribution in [0.4, 0.5) is 22.0 Å². The predicted octanol–water partition coefficient (Wildman–Crippen LogP) is 4.71. The van der Waals surface area contributed by atoms with Gasteiger partial charge in [0.2, 0.25) is 11.9 Å². The molecule has 1 aliphatic carbocycles. The maximum atomic E-state index is 15.5. The van der Waals surface area contributed by atoms with Crippen LogP contribution in [0.5, 0.6) is 0 Å². The Hall–Kier alpha value is -3.09. The van der Waals surface area contributed by atoms with Crippen molar-refractivity contribution in [1.29, 1.82) is 0 Å². The molecule has 2 aliphatic rings. The maximum Gasteiger partial charge on any atom is 0.413 e. The number of hydrogen-bond acceptors (Lipinski definition) is 5. The first-order valence-electron chi connectivity index (χ1n) is 12.5. The van der Waals surface area contributed by atoms with Gasteiger partial charge in [-0.05, 0) is 30.9 Å². The number of aromatic nitrogens is 3. The van der Waals surface area contributed by atoms with Gasteiger partial charge in [0, 0.05) is 47.7 Å². The van der Waals surface area contributed by atoms with Crippen molar-refractivity contribution in [1.82, 2.24) is 19.5 Å². The molecular weight excluding hydrogens is 543 g/mol. The molecule has 13 heteroatoms. The lowest BCUT2D eigenvalue weighted by Crippen LogP contribution is -2.44. The molecule has 210 valence electrons. The van der Waals surface area contributed by atoms with Crippen molar-refractivity contribution in [2.45, 2.75) is 56.7 Å². The molecule has 2 aromatic heterocycles. The zero-order chi connectivity index (χ0) is 28.5. The molecule has 0 saturated carbocycles. The Balaban J connectivity index is 1.48. The summed E-state index contributed by atoms with van der Waals surface area (Å²) in [6, 6.07) is 2.15. The van der Waals surface area contributed by atoms with Gasteiger partial charge in [-0.3, -0.25) is 4.79 Å². The fourth-order valence-corrected chi connectivity index (χ4v) is 7.50. The van der Waals surface area contributed by atoms with Gasteiger partial charge in [-0.25, -0.2) is 22.3 Å². The van der Waals surface area contributed by atoms with Crippen LogP contribution in [-0.2, 0) is 20.0 Å². The van der Waals surface area contributed by atoms with E-state index in [2.05, 4.69) is 10.1 Å². The van der Waals surface area contributed by atoms with Gasteiger partial charge in [-0.15, -0.1) is 5.10 Å². The largest absolute Gasteiger partial charge is 0.413 e. The lowest BCUT2D eigenvalue weighted by Gasteiger charge is -2.34. The minimum absolute atomic E-state index is 0.0736. The Bertz CT molecular complexity index is 1550.